The number of nitrogens with one attached hydrogen (secondary N) is 2. The smallest absolute Gasteiger partial charge is 0.191 e. The third-order valence-electron chi connectivity index (χ3n) is 4.91. The topological polar surface area (TPSA) is 92.3 Å². The summed E-state index contributed by atoms with van der Waals surface area (Å²) in [5.41, 5.74) is 3.85. The van der Waals surface area contributed by atoms with Crippen LogP contribution in [0.25, 0.3) is 5.69 Å². The van der Waals surface area contributed by atoms with Gasteiger partial charge in [0.05, 0.1) is 30.7 Å². The van der Waals surface area contributed by atoms with E-state index in [0.717, 1.165) is 34.7 Å². The van der Waals surface area contributed by atoms with E-state index in [-0.39, 0.29) is 0 Å². The van der Waals surface area contributed by atoms with Gasteiger partial charge >= 0.3 is 0 Å². The Balaban J connectivity index is 1.76. The van der Waals surface area contributed by atoms with E-state index in [4.69, 9.17) is 4.99 Å². The van der Waals surface area contributed by atoms with E-state index in [0.29, 0.717) is 19.0 Å². The minimum atomic E-state index is -1.06. The van der Waals surface area contributed by atoms with Crippen molar-refractivity contribution in [1.82, 2.24) is 30.2 Å². The van der Waals surface area contributed by atoms with Gasteiger partial charge in [-0.1, -0.05) is 18.2 Å². The molecule has 1 aromatic carbocycles. The first-order chi connectivity index (χ1) is 14.3. The fraction of sp³-hybridized carbons (Fsp3) is 0.409. The standard InChI is InChI=1S/C22H31N7O/c1-6-23-21(25-15-22(4,30)19-13-26-28(5)14-19)24-12-18-9-7-8-10-20(18)29-17(3)11-16(2)27-29/h7-11,13-14,30H,6,12,15H2,1-5H3,(H2,23,24,25). The first-order valence-corrected chi connectivity index (χ1v) is 10.2. The second kappa shape index (κ2) is 9.13. The average molecular weight is 410 g/mol. The molecule has 160 valence electrons. The first kappa shape index (κ1) is 21.6. The number of para-hydroxylation sites is 1. The van der Waals surface area contributed by atoms with Crippen molar-refractivity contribution in [2.24, 2.45) is 12.0 Å². The summed E-state index contributed by atoms with van der Waals surface area (Å²) in [5.74, 6) is 0.643. The Hall–Kier alpha value is -3.13. The molecule has 0 saturated heterocycles. The molecule has 3 rings (SSSR count). The van der Waals surface area contributed by atoms with Crippen LogP contribution in [0.2, 0.25) is 0 Å². The largest absolute Gasteiger partial charge is 0.383 e. The van der Waals surface area contributed by atoms with E-state index >= 15 is 0 Å². The lowest BCUT2D eigenvalue weighted by Crippen LogP contribution is -2.44. The van der Waals surface area contributed by atoms with Crippen molar-refractivity contribution in [1.29, 1.82) is 0 Å². The van der Waals surface area contributed by atoms with Crippen LogP contribution in [0.4, 0.5) is 0 Å². The number of nitrogens with zero attached hydrogens (tertiary/aromatic N) is 5. The van der Waals surface area contributed by atoms with Crippen LogP contribution in [0.3, 0.4) is 0 Å². The molecular formula is C22H31N7O. The second-order valence-electron chi connectivity index (χ2n) is 7.69. The Morgan fingerprint density at radius 1 is 1.23 bits per heavy atom. The number of aromatic nitrogens is 4. The van der Waals surface area contributed by atoms with Gasteiger partial charge in [-0.25, -0.2) is 9.67 Å². The Bertz CT molecular complexity index is 1020. The molecule has 30 heavy (non-hydrogen) atoms. The van der Waals surface area contributed by atoms with Crippen LogP contribution in [-0.2, 0) is 19.2 Å². The number of hydrogen-bond acceptors (Lipinski definition) is 4. The Labute approximate surface area is 177 Å². The van der Waals surface area contributed by atoms with Crippen molar-refractivity contribution in [3.8, 4) is 5.69 Å². The van der Waals surface area contributed by atoms with Crippen molar-refractivity contribution in [3.63, 3.8) is 0 Å². The molecule has 2 aromatic heterocycles. The first-order valence-electron chi connectivity index (χ1n) is 10.2. The number of aryl methyl sites for hydroxylation is 3. The van der Waals surface area contributed by atoms with Crippen LogP contribution in [-0.4, -0.2) is 43.7 Å². The highest BCUT2D eigenvalue weighted by Gasteiger charge is 2.25. The van der Waals surface area contributed by atoms with Crippen LogP contribution < -0.4 is 10.6 Å². The van der Waals surface area contributed by atoms with Gasteiger partial charge in [-0.15, -0.1) is 0 Å². The Morgan fingerprint density at radius 3 is 2.63 bits per heavy atom. The highest BCUT2D eigenvalue weighted by Crippen LogP contribution is 2.19. The minimum Gasteiger partial charge on any atom is -0.383 e. The molecule has 0 bridgehead atoms. The van der Waals surface area contributed by atoms with E-state index < -0.39 is 5.60 Å². The number of guanidine groups is 1. The third kappa shape index (κ3) is 5.07. The predicted molar refractivity (Wildman–Crippen MR) is 119 cm³/mol. The number of benzene rings is 1. The zero-order valence-corrected chi connectivity index (χ0v) is 18.3. The van der Waals surface area contributed by atoms with Crippen molar-refractivity contribution >= 4 is 5.96 Å². The van der Waals surface area contributed by atoms with Gasteiger partial charge in [0.2, 0.25) is 0 Å². The molecule has 0 aliphatic heterocycles. The molecular weight excluding hydrogens is 378 g/mol. The van der Waals surface area contributed by atoms with E-state index in [1.165, 1.54) is 0 Å². The lowest BCUT2D eigenvalue weighted by Gasteiger charge is -2.23. The molecule has 8 heteroatoms. The van der Waals surface area contributed by atoms with Crippen LogP contribution >= 0.6 is 0 Å². The SMILES string of the molecule is CCNC(=NCc1ccccc1-n1nc(C)cc1C)NCC(C)(O)c1cnn(C)c1. The average Bonchev–Trinajstić information content (AvgIpc) is 3.29. The van der Waals surface area contributed by atoms with Gasteiger partial charge in [-0.2, -0.15) is 10.2 Å². The fourth-order valence-electron chi connectivity index (χ4n) is 3.29. The molecule has 0 spiro atoms. The molecule has 0 aliphatic carbocycles. The normalized spacial score (nSPS) is 13.9. The lowest BCUT2D eigenvalue weighted by atomic mass is 10.00. The van der Waals surface area contributed by atoms with E-state index in [2.05, 4.69) is 39.0 Å². The number of aliphatic hydroxyl groups is 1. The summed E-state index contributed by atoms with van der Waals surface area (Å²) >= 11 is 0. The molecule has 8 nitrogen and oxygen atoms in total. The van der Waals surface area contributed by atoms with Gasteiger partial charge in [0.1, 0.15) is 5.60 Å². The molecule has 0 fully saturated rings. The van der Waals surface area contributed by atoms with Gasteiger partial charge in [0.15, 0.2) is 5.96 Å². The summed E-state index contributed by atoms with van der Waals surface area (Å²) in [6.07, 6.45) is 3.49. The summed E-state index contributed by atoms with van der Waals surface area (Å²) in [6.45, 7) is 9.33. The van der Waals surface area contributed by atoms with Crippen LogP contribution in [0.1, 0.15) is 36.4 Å². The zero-order valence-electron chi connectivity index (χ0n) is 18.3. The molecule has 0 amide bonds. The van der Waals surface area contributed by atoms with Gasteiger partial charge in [0, 0.05) is 31.0 Å². The molecule has 0 saturated carbocycles. The quantitative estimate of drug-likeness (QED) is 0.411. The predicted octanol–water partition coefficient (Wildman–Crippen LogP) is 2.19. The van der Waals surface area contributed by atoms with Crippen molar-refractivity contribution in [2.75, 3.05) is 13.1 Å². The number of aliphatic imine (C=N–C) groups is 1. The Kier molecular flexibility index (Phi) is 6.56. The third-order valence-corrected chi connectivity index (χ3v) is 4.91. The van der Waals surface area contributed by atoms with Gasteiger partial charge < -0.3 is 15.7 Å². The molecule has 0 aliphatic rings. The highest BCUT2D eigenvalue weighted by atomic mass is 16.3. The highest BCUT2D eigenvalue weighted by molar-refractivity contribution is 5.79. The maximum absolute atomic E-state index is 10.8. The van der Waals surface area contributed by atoms with Crippen LogP contribution in [0.5, 0.6) is 0 Å². The van der Waals surface area contributed by atoms with E-state index in [1.807, 2.05) is 50.8 Å². The van der Waals surface area contributed by atoms with Crippen molar-refractivity contribution in [3.05, 3.63) is 65.2 Å². The summed E-state index contributed by atoms with van der Waals surface area (Å²) in [6, 6.07) is 10.2. The maximum atomic E-state index is 10.8. The zero-order chi connectivity index (χ0) is 21.7. The summed E-state index contributed by atoms with van der Waals surface area (Å²) in [7, 11) is 1.83. The second-order valence-corrected chi connectivity index (χ2v) is 7.69. The molecule has 2 heterocycles. The fourth-order valence-corrected chi connectivity index (χ4v) is 3.29. The minimum absolute atomic E-state index is 0.309. The van der Waals surface area contributed by atoms with Crippen molar-refractivity contribution in [2.45, 2.75) is 39.8 Å². The molecule has 1 unspecified atom stereocenters. The number of hydrogen-bond donors (Lipinski definition) is 3. The number of rotatable bonds is 7. The van der Waals surface area contributed by atoms with Crippen molar-refractivity contribution < 1.29 is 5.11 Å². The molecule has 1 atom stereocenters. The summed E-state index contributed by atoms with van der Waals surface area (Å²) in [5, 5.41) is 26.1. The summed E-state index contributed by atoms with van der Waals surface area (Å²) < 4.78 is 3.63. The van der Waals surface area contributed by atoms with Crippen LogP contribution in [0, 0.1) is 13.8 Å². The molecule has 0 radical (unpaired) electrons. The van der Waals surface area contributed by atoms with Crippen LogP contribution in [0.15, 0.2) is 47.7 Å². The lowest BCUT2D eigenvalue weighted by molar-refractivity contribution is 0.0616. The van der Waals surface area contributed by atoms with E-state index in [9.17, 15) is 5.11 Å². The molecule has 3 aromatic rings. The maximum Gasteiger partial charge on any atom is 0.191 e. The van der Waals surface area contributed by atoms with E-state index in [1.54, 1.807) is 17.8 Å². The molecule has 3 N–H and O–H groups in total. The van der Waals surface area contributed by atoms with Gasteiger partial charge in [-0.05, 0) is 45.4 Å². The van der Waals surface area contributed by atoms with Gasteiger partial charge in [-0.3, -0.25) is 4.68 Å². The Morgan fingerprint density at radius 2 is 2.00 bits per heavy atom. The van der Waals surface area contributed by atoms with Gasteiger partial charge in [0.25, 0.3) is 0 Å². The summed E-state index contributed by atoms with van der Waals surface area (Å²) in [4.78, 5) is 4.73. The monoisotopic (exact) mass is 409 g/mol.